The van der Waals surface area contributed by atoms with E-state index < -0.39 is 25.4 Å². The van der Waals surface area contributed by atoms with Crippen LogP contribution in [-0.2, 0) is 23.9 Å². The van der Waals surface area contributed by atoms with Crippen LogP contribution in [0.4, 0.5) is 0 Å². The minimum absolute atomic E-state index is 0.0129. The molecule has 0 aromatic carbocycles. The Labute approximate surface area is 157 Å². The molecule has 0 aliphatic heterocycles. The van der Waals surface area contributed by atoms with Crippen molar-refractivity contribution in [1.29, 1.82) is 0 Å². The van der Waals surface area contributed by atoms with E-state index in [9.17, 15) is 14.4 Å². The maximum atomic E-state index is 12.8. The summed E-state index contributed by atoms with van der Waals surface area (Å²) in [6, 6.07) is 0. The largest absolute Gasteiger partial charge is 0.465 e. The Morgan fingerprint density at radius 2 is 1.62 bits per heavy atom. The average Bonchev–Trinajstić information content (AvgIpc) is 3.00. The van der Waals surface area contributed by atoms with E-state index in [0.717, 1.165) is 10.8 Å². The number of hydrogen-bond acceptors (Lipinski definition) is 5. The Balaban J connectivity index is 2.54. The summed E-state index contributed by atoms with van der Waals surface area (Å²) in [4.78, 5) is 38.3. The van der Waals surface area contributed by atoms with Crippen LogP contribution in [0.25, 0.3) is 0 Å². The molecule has 1 unspecified atom stereocenters. The lowest BCUT2D eigenvalue weighted by molar-refractivity contribution is -0.171. The SMILES string of the molecule is CCOC(=O)C1(C(=O)OCC)CC2=C([Si](C)(C)C(C)(C)C)C(=O)CC2C1. The molecule has 0 radical (unpaired) electrons. The van der Waals surface area contributed by atoms with Crippen LogP contribution in [-0.4, -0.2) is 39.0 Å². The molecule has 2 rings (SSSR count). The Kier molecular flexibility index (Phi) is 5.58. The van der Waals surface area contributed by atoms with Crippen molar-refractivity contribution in [3.63, 3.8) is 0 Å². The van der Waals surface area contributed by atoms with E-state index in [4.69, 9.17) is 9.47 Å². The van der Waals surface area contributed by atoms with E-state index in [0.29, 0.717) is 12.8 Å². The second-order valence-electron chi connectivity index (χ2n) is 9.00. The van der Waals surface area contributed by atoms with Crippen LogP contribution < -0.4 is 0 Å². The fourth-order valence-corrected chi connectivity index (χ4v) is 6.78. The molecule has 0 N–H and O–H groups in total. The third-order valence-corrected chi connectivity index (χ3v) is 12.0. The molecule has 1 atom stereocenters. The summed E-state index contributed by atoms with van der Waals surface area (Å²) in [5.74, 6) is -0.858. The standard InChI is InChI=1S/C20H32O5Si/c1-8-24-17(22)20(18(23)25-9-2)11-13-10-15(21)16(14(13)12-20)26(6,7)19(3,4)5/h13H,8-12H2,1-7H3. The summed E-state index contributed by atoms with van der Waals surface area (Å²) in [7, 11) is -2.06. The van der Waals surface area contributed by atoms with Gasteiger partial charge in [-0.2, -0.15) is 0 Å². The minimum atomic E-state index is -2.06. The van der Waals surface area contributed by atoms with Crippen LogP contribution in [0.15, 0.2) is 10.8 Å². The molecule has 0 saturated heterocycles. The van der Waals surface area contributed by atoms with Gasteiger partial charge in [-0.3, -0.25) is 14.4 Å². The molecular formula is C20H32O5Si. The second-order valence-corrected chi connectivity index (χ2v) is 14.3. The van der Waals surface area contributed by atoms with Gasteiger partial charge < -0.3 is 9.47 Å². The molecule has 2 aliphatic rings. The Hall–Kier alpha value is -1.43. The zero-order chi connectivity index (χ0) is 19.9. The van der Waals surface area contributed by atoms with Crippen molar-refractivity contribution in [3.8, 4) is 0 Å². The normalized spacial score (nSPS) is 22.4. The molecule has 1 saturated carbocycles. The molecular weight excluding hydrogens is 348 g/mol. The maximum Gasteiger partial charge on any atom is 0.323 e. The molecule has 146 valence electrons. The second kappa shape index (κ2) is 6.95. The van der Waals surface area contributed by atoms with Crippen LogP contribution in [0.2, 0.25) is 18.1 Å². The van der Waals surface area contributed by atoms with Crippen molar-refractivity contribution in [2.24, 2.45) is 11.3 Å². The number of allylic oxidation sites excluding steroid dienone is 2. The molecule has 0 spiro atoms. The minimum Gasteiger partial charge on any atom is -0.465 e. The van der Waals surface area contributed by atoms with Crippen molar-refractivity contribution in [2.75, 3.05) is 13.2 Å². The molecule has 2 aliphatic carbocycles. The number of rotatable bonds is 5. The van der Waals surface area contributed by atoms with E-state index >= 15 is 0 Å². The van der Waals surface area contributed by atoms with E-state index in [1.807, 2.05) is 0 Å². The molecule has 1 fully saturated rings. The molecule has 0 aromatic rings. The first-order valence-electron chi connectivity index (χ1n) is 9.53. The number of fused-ring (bicyclic) bond motifs is 1. The summed E-state index contributed by atoms with van der Waals surface area (Å²) in [6.45, 7) is 14.8. The number of ketones is 1. The number of ether oxygens (including phenoxy) is 2. The molecule has 5 nitrogen and oxygen atoms in total. The molecule has 0 bridgehead atoms. The van der Waals surface area contributed by atoms with Crippen LogP contribution in [0.1, 0.15) is 53.9 Å². The van der Waals surface area contributed by atoms with E-state index in [1.165, 1.54) is 0 Å². The summed E-state index contributed by atoms with van der Waals surface area (Å²) in [5, 5.41) is 0.949. The van der Waals surface area contributed by atoms with Gasteiger partial charge in [0.1, 0.15) is 0 Å². The van der Waals surface area contributed by atoms with Crippen molar-refractivity contribution < 1.29 is 23.9 Å². The van der Waals surface area contributed by atoms with Gasteiger partial charge in [0, 0.05) is 6.42 Å². The smallest absolute Gasteiger partial charge is 0.323 e. The highest BCUT2D eigenvalue weighted by Gasteiger charge is 2.60. The third-order valence-electron chi connectivity index (χ3n) is 6.44. The highest BCUT2D eigenvalue weighted by molar-refractivity contribution is 6.91. The van der Waals surface area contributed by atoms with Gasteiger partial charge in [0.15, 0.2) is 11.2 Å². The molecule has 6 heteroatoms. The molecule has 0 aromatic heterocycles. The third kappa shape index (κ3) is 3.17. The van der Waals surface area contributed by atoms with E-state index in [-0.39, 0.29) is 36.4 Å². The first kappa shape index (κ1) is 20.9. The summed E-state index contributed by atoms with van der Waals surface area (Å²) in [6.07, 6.45) is 0.991. The lowest BCUT2D eigenvalue weighted by atomic mass is 9.84. The van der Waals surface area contributed by atoms with Crippen LogP contribution >= 0.6 is 0 Å². The van der Waals surface area contributed by atoms with E-state index in [2.05, 4.69) is 33.9 Å². The van der Waals surface area contributed by atoms with Gasteiger partial charge in [-0.25, -0.2) is 0 Å². The van der Waals surface area contributed by atoms with Crippen LogP contribution in [0.5, 0.6) is 0 Å². The molecule has 26 heavy (non-hydrogen) atoms. The van der Waals surface area contributed by atoms with Gasteiger partial charge in [-0.05, 0) is 42.8 Å². The number of Topliss-reactive ketones (excluding diaryl/α,β-unsaturated/α-hetero) is 1. The van der Waals surface area contributed by atoms with Crippen molar-refractivity contribution in [2.45, 2.75) is 72.0 Å². The maximum absolute atomic E-state index is 12.8. The number of carbonyl (C=O) groups is 3. The Morgan fingerprint density at radius 3 is 2.04 bits per heavy atom. The molecule has 0 amide bonds. The van der Waals surface area contributed by atoms with Crippen LogP contribution in [0.3, 0.4) is 0 Å². The molecule has 0 heterocycles. The van der Waals surface area contributed by atoms with Gasteiger partial charge >= 0.3 is 11.9 Å². The number of carbonyl (C=O) groups excluding carboxylic acids is 3. The van der Waals surface area contributed by atoms with Gasteiger partial charge in [0.05, 0.1) is 21.3 Å². The topological polar surface area (TPSA) is 69.7 Å². The quantitative estimate of drug-likeness (QED) is 0.412. The van der Waals surface area contributed by atoms with Crippen molar-refractivity contribution >= 4 is 25.8 Å². The highest BCUT2D eigenvalue weighted by atomic mass is 28.3. The van der Waals surface area contributed by atoms with Crippen molar-refractivity contribution in [1.82, 2.24) is 0 Å². The van der Waals surface area contributed by atoms with Crippen LogP contribution in [0, 0.1) is 11.3 Å². The highest BCUT2D eigenvalue weighted by Crippen LogP contribution is 2.56. The number of hydrogen-bond donors (Lipinski definition) is 0. The zero-order valence-electron chi connectivity index (χ0n) is 17.2. The van der Waals surface area contributed by atoms with Gasteiger partial charge in [-0.1, -0.05) is 39.4 Å². The first-order valence-corrected chi connectivity index (χ1v) is 12.5. The van der Waals surface area contributed by atoms with E-state index in [1.54, 1.807) is 13.8 Å². The van der Waals surface area contributed by atoms with Gasteiger partial charge in [0.2, 0.25) is 0 Å². The van der Waals surface area contributed by atoms with Gasteiger partial charge in [-0.15, -0.1) is 0 Å². The van der Waals surface area contributed by atoms with Crippen molar-refractivity contribution in [3.05, 3.63) is 10.8 Å². The zero-order valence-corrected chi connectivity index (χ0v) is 18.2. The number of esters is 2. The fourth-order valence-electron chi connectivity index (χ4n) is 4.14. The Bertz CT molecular complexity index is 636. The summed E-state index contributed by atoms with van der Waals surface area (Å²) < 4.78 is 10.5. The van der Waals surface area contributed by atoms with Gasteiger partial charge in [0.25, 0.3) is 0 Å². The monoisotopic (exact) mass is 380 g/mol. The fraction of sp³-hybridized carbons (Fsp3) is 0.750. The lowest BCUT2D eigenvalue weighted by Gasteiger charge is -2.38. The predicted molar refractivity (Wildman–Crippen MR) is 102 cm³/mol. The average molecular weight is 381 g/mol. The summed E-state index contributed by atoms with van der Waals surface area (Å²) in [5.41, 5.74) is -0.275. The predicted octanol–water partition coefficient (Wildman–Crippen LogP) is 3.83. The first-order chi connectivity index (χ1) is 11.9. The summed E-state index contributed by atoms with van der Waals surface area (Å²) >= 11 is 0. The lowest BCUT2D eigenvalue weighted by Crippen LogP contribution is -2.43. The Morgan fingerprint density at radius 1 is 1.12 bits per heavy atom.